The average molecular weight is 420 g/mol. The molecule has 1 saturated heterocycles. The molecule has 1 aliphatic heterocycles. The number of nitrogens with zero attached hydrogens (tertiary/aromatic N) is 2. The van der Waals surface area contributed by atoms with Crippen molar-refractivity contribution in [3.05, 3.63) is 52.1 Å². The Bertz CT molecular complexity index is 839. The number of carbonyl (C=O) groups excluding carboxylic acids is 1. The minimum atomic E-state index is -4.45. The number of halogens is 5. The number of hydrogen-bond donors (Lipinski definition) is 1. The predicted molar refractivity (Wildman–Crippen MR) is 97.3 cm³/mol. The van der Waals surface area contributed by atoms with Crippen LogP contribution in [-0.4, -0.2) is 37.1 Å². The summed E-state index contributed by atoms with van der Waals surface area (Å²) in [4.78, 5) is 18.2. The molecule has 2 aromatic rings. The van der Waals surface area contributed by atoms with E-state index in [-0.39, 0.29) is 38.0 Å². The number of piperazine rings is 1. The number of amides is 2. The van der Waals surface area contributed by atoms with E-state index in [4.69, 9.17) is 23.2 Å². The van der Waals surface area contributed by atoms with Gasteiger partial charge in [-0.3, -0.25) is 4.90 Å². The summed E-state index contributed by atoms with van der Waals surface area (Å²) in [5, 5.41) is 3.40. The van der Waals surface area contributed by atoms with Gasteiger partial charge in [-0.1, -0.05) is 23.2 Å². The fourth-order valence-electron chi connectivity index (χ4n) is 2.83. The monoisotopic (exact) mass is 419 g/mol. The van der Waals surface area contributed by atoms with Crippen LogP contribution in [-0.2, 0) is 6.18 Å². The molecule has 0 aliphatic carbocycles. The zero-order valence-corrected chi connectivity index (χ0v) is 15.5. The normalized spacial score (nSPS) is 15.0. The first-order chi connectivity index (χ1) is 12.8. The van der Waals surface area contributed by atoms with E-state index in [2.05, 4.69) is 10.3 Å². The Morgan fingerprint density at radius 1 is 1.07 bits per heavy atom. The number of nitrogens with one attached hydrogen (secondary N) is 2. The molecule has 1 aliphatic rings. The van der Waals surface area contributed by atoms with Crippen molar-refractivity contribution in [1.82, 2.24) is 4.90 Å². The number of carbonyl (C=O) groups is 1. The molecular formula is C17H16Cl2F3N4O+. The summed E-state index contributed by atoms with van der Waals surface area (Å²) in [6, 6.07) is 6.73. The molecule has 3 rings (SSSR count). The van der Waals surface area contributed by atoms with Crippen molar-refractivity contribution < 1.29 is 22.9 Å². The van der Waals surface area contributed by atoms with E-state index in [9.17, 15) is 18.0 Å². The number of aromatic nitrogens is 1. The number of alkyl halides is 3. The summed E-state index contributed by atoms with van der Waals surface area (Å²) in [7, 11) is 0. The molecule has 0 atom stereocenters. The van der Waals surface area contributed by atoms with Crippen molar-refractivity contribution in [3.8, 4) is 0 Å². The molecular weight excluding hydrogens is 404 g/mol. The molecule has 0 bridgehead atoms. The Hall–Kier alpha value is -2.19. The predicted octanol–water partition coefficient (Wildman–Crippen LogP) is 4.18. The van der Waals surface area contributed by atoms with Gasteiger partial charge in [0.15, 0.2) is 0 Å². The van der Waals surface area contributed by atoms with Gasteiger partial charge in [0.25, 0.3) is 5.82 Å². The van der Waals surface area contributed by atoms with Gasteiger partial charge in [-0.15, -0.1) is 0 Å². The molecule has 2 N–H and O–H groups in total. The highest BCUT2D eigenvalue weighted by atomic mass is 35.5. The van der Waals surface area contributed by atoms with Gasteiger partial charge < -0.3 is 10.2 Å². The molecule has 5 nitrogen and oxygen atoms in total. The second-order valence-electron chi connectivity index (χ2n) is 5.96. The van der Waals surface area contributed by atoms with Crippen LogP contribution in [0.4, 0.5) is 29.5 Å². The Kier molecular flexibility index (Phi) is 5.67. The molecule has 1 aromatic heterocycles. The number of urea groups is 1. The Morgan fingerprint density at radius 3 is 2.41 bits per heavy atom. The van der Waals surface area contributed by atoms with Crippen LogP contribution in [0.25, 0.3) is 0 Å². The molecule has 0 spiro atoms. The third kappa shape index (κ3) is 4.56. The van der Waals surface area contributed by atoms with Gasteiger partial charge in [-0.05, 0) is 30.3 Å². The van der Waals surface area contributed by atoms with E-state index in [1.165, 1.54) is 23.2 Å². The van der Waals surface area contributed by atoms with Gasteiger partial charge >= 0.3 is 12.2 Å². The SMILES string of the molecule is O=C(Nc1ccc(Cl)c(Cl)c1)N1CCN(c2[nH+]cccc2C(F)(F)F)CC1. The maximum Gasteiger partial charge on any atom is 0.424 e. The van der Waals surface area contributed by atoms with Crippen LogP contribution in [0.1, 0.15) is 5.56 Å². The van der Waals surface area contributed by atoms with Crippen LogP contribution in [0, 0.1) is 0 Å². The van der Waals surface area contributed by atoms with E-state index in [0.717, 1.165) is 6.07 Å². The summed E-state index contributed by atoms with van der Waals surface area (Å²) in [6.45, 7) is 1.12. The molecule has 2 amide bonds. The van der Waals surface area contributed by atoms with Crippen LogP contribution >= 0.6 is 23.2 Å². The maximum absolute atomic E-state index is 13.2. The summed E-state index contributed by atoms with van der Waals surface area (Å²) >= 11 is 11.8. The summed E-state index contributed by atoms with van der Waals surface area (Å²) in [5.41, 5.74) is -0.230. The van der Waals surface area contributed by atoms with Crippen LogP contribution in [0.2, 0.25) is 10.0 Å². The molecule has 10 heteroatoms. The number of pyridine rings is 1. The lowest BCUT2D eigenvalue weighted by molar-refractivity contribution is -0.367. The molecule has 2 heterocycles. The topological polar surface area (TPSA) is 49.7 Å². The van der Waals surface area contributed by atoms with Gasteiger partial charge in [0, 0.05) is 5.69 Å². The second-order valence-corrected chi connectivity index (χ2v) is 6.78. The molecule has 0 unspecified atom stereocenters. The van der Waals surface area contributed by atoms with Crippen LogP contribution < -0.4 is 15.2 Å². The summed E-state index contributed by atoms with van der Waals surface area (Å²) in [5.74, 6) is 0.00883. The smallest absolute Gasteiger partial charge is 0.317 e. The van der Waals surface area contributed by atoms with Gasteiger partial charge in [0.05, 0.1) is 29.3 Å². The maximum atomic E-state index is 13.2. The van der Waals surface area contributed by atoms with Crippen LogP contribution in [0.5, 0.6) is 0 Å². The molecule has 0 radical (unpaired) electrons. The van der Waals surface area contributed by atoms with E-state index in [0.29, 0.717) is 15.7 Å². The first kappa shape index (κ1) is 19.6. The minimum Gasteiger partial charge on any atom is -0.317 e. The average Bonchev–Trinajstić information content (AvgIpc) is 2.64. The highest BCUT2D eigenvalue weighted by Crippen LogP contribution is 2.34. The van der Waals surface area contributed by atoms with Gasteiger partial charge in [-0.2, -0.15) is 13.2 Å². The number of benzene rings is 1. The lowest BCUT2D eigenvalue weighted by Gasteiger charge is -2.31. The first-order valence-electron chi connectivity index (χ1n) is 8.09. The minimum absolute atomic E-state index is 0.00883. The molecule has 1 aromatic carbocycles. The molecule has 1 fully saturated rings. The van der Waals surface area contributed by atoms with Crippen molar-refractivity contribution in [2.75, 3.05) is 36.4 Å². The summed E-state index contributed by atoms with van der Waals surface area (Å²) < 4.78 is 39.5. The van der Waals surface area contributed by atoms with Gasteiger partial charge in [-0.25, -0.2) is 9.78 Å². The van der Waals surface area contributed by atoms with Crippen molar-refractivity contribution >= 4 is 40.7 Å². The summed E-state index contributed by atoms with van der Waals surface area (Å²) in [6.07, 6.45) is -3.00. The zero-order chi connectivity index (χ0) is 19.6. The number of H-pyrrole nitrogens is 1. The Balaban J connectivity index is 1.64. The molecule has 144 valence electrons. The largest absolute Gasteiger partial charge is 0.424 e. The Labute approximate surface area is 163 Å². The third-order valence-electron chi connectivity index (χ3n) is 4.19. The van der Waals surface area contributed by atoms with E-state index < -0.39 is 11.7 Å². The van der Waals surface area contributed by atoms with Gasteiger partial charge in [0.2, 0.25) is 0 Å². The quantitative estimate of drug-likeness (QED) is 0.793. The van der Waals surface area contributed by atoms with E-state index >= 15 is 0 Å². The lowest BCUT2D eigenvalue weighted by Crippen LogP contribution is -2.51. The zero-order valence-electron chi connectivity index (χ0n) is 14.0. The van der Waals surface area contributed by atoms with Crippen molar-refractivity contribution in [2.45, 2.75) is 6.18 Å². The lowest BCUT2D eigenvalue weighted by atomic mass is 10.2. The Morgan fingerprint density at radius 2 is 1.78 bits per heavy atom. The van der Waals surface area contributed by atoms with E-state index in [1.807, 2.05) is 0 Å². The van der Waals surface area contributed by atoms with Crippen molar-refractivity contribution in [2.24, 2.45) is 0 Å². The fourth-order valence-corrected chi connectivity index (χ4v) is 3.13. The van der Waals surface area contributed by atoms with E-state index in [1.54, 1.807) is 17.0 Å². The number of aromatic amines is 1. The highest BCUT2D eigenvalue weighted by Gasteiger charge is 2.40. The fraction of sp³-hybridized carbons (Fsp3) is 0.294. The van der Waals surface area contributed by atoms with Crippen molar-refractivity contribution in [1.29, 1.82) is 0 Å². The number of rotatable bonds is 2. The second kappa shape index (κ2) is 7.82. The number of hydrogen-bond acceptors (Lipinski definition) is 2. The standard InChI is InChI=1S/C17H15Cl2F3N4O/c18-13-4-3-11(10-14(13)19)24-16(27)26-8-6-25(7-9-26)15-12(17(20,21)22)2-1-5-23-15/h1-5,10H,6-9H2,(H,24,27)/p+1. The van der Waals surface area contributed by atoms with Crippen LogP contribution in [0.15, 0.2) is 36.5 Å². The molecule has 27 heavy (non-hydrogen) atoms. The third-order valence-corrected chi connectivity index (χ3v) is 4.93. The van der Waals surface area contributed by atoms with Gasteiger partial charge in [0.1, 0.15) is 18.7 Å². The van der Waals surface area contributed by atoms with Crippen molar-refractivity contribution in [3.63, 3.8) is 0 Å². The first-order valence-corrected chi connectivity index (χ1v) is 8.85. The molecule has 0 saturated carbocycles. The van der Waals surface area contributed by atoms with Crippen LogP contribution in [0.3, 0.4) is 0 Å². The highest BCUT2D eigenvalue weighted by molar-refractivity contribution is 6.42. The number of anilines is 2.